The van der Waals surface area contributed by atoms with E-state index in [2.05, 4.69) is 39.8 Å². The molecule has 0 radical (unpaired) electrons. The topological polar surface area (TPSA) is 63.6 Å². The molecule has 3 saturated carbocycles. The van der Waals surface area contributed by atoms with Crippen LogP contribution in [0.2, 0.25) is 0 Å². The van der Waals surface area contributed by atoms with Crippen molar-refractivity contribution in [3.63, 3.8) is 0 Å². The first-order valence-electron chi connectivity index (χ1n) is 12.8. The number of ketones is 1. The third-order valence-electron chi connectivity index (χ3n) is 10.3. The Hall–Kier alpha value is -2.10. The Morgan fingerprint density at radius 2 is 1.85 bits per heavy atom. The van der Waals surface area contributed by atoms with Gasteiger partial charge >= 0.3 is 5.97 Å². The zero-order chi connectivity index (χ0) is 23.8. The highest BCUT2D eigenvalue weighted by Gasteiger charge is 2.60. The van der Waals surface area contributed by atoms with Crippen molar-refractivity contribution in [3.05, 3.63) is 46.3 Å². The van der Waals surface area contributed by atoms with Crippen molar-refractivity contribution in [1.29, 1.82) is 0 Å². The lowest BCUT2D eigenvalue weighted by molar-refractivity contribution is -0.141. The van der Waals surface area contributed by atoms with Crippen LogP contribution >= 0.6 is 0 Å². The highest BCUT2D eigenvalue weighted by Crippen LogP contribution is 2.69. The molecule has 4 nitrogen and oxygen atoms in total. The summed E-state index contributed by atoms with van der Waals surface area (Å²) in [6.45, 7) is 11.2. The molecule has 0 saturated heterocycles. The Labute approximate surface area is 197 Å². The molecule has 0 aromatic carbocycles. The molecule has 5 rings (SSSR count). The summed E-state index contributed by atoms with van der Waals surface area (Å²) in [4.78, 5) is 24.0. The van der Waals surface area contributed by atoms with Gasteiger partial charge in [-0.3, -0.25) is 4.79 Å². The van der Waals surface area contributed by atoms with E-state index >= 15 is 0 Å². The zero-order valence-corrected chi connectivity index (χ0v) is 20.8. The van der Waals surface area contributed by atoms with Crippen LogP contribution in [0.4, 0.5) is 0 Å². The molecule has 6 unspecified atom stereocenters. The maximum Gasteiger partial charge on any atom is 0.341 e. The third kappa shape index (κ3) is 3.23. The maximum atomic E-state index is 13.0. The van der Waals surface area contributed by atoms with E-state index in [1.807, 2.05) is 6.92 Å². The fourth-order valence-corrected chi connectivity index (χ4v) is 8.38. The smallest absolute Gasteiger partial charge is 0.341 e. The van der Waals surface area contributed by atoms with Gasteiger partial charge in [-0.1, -0.05) is 51.8 Å². The Morgan fingerprint density at radius 1 is 1.09 bits per heavy atom. The summed E-state index contributed by atoms with van der Waals surface area (Å²) >= 11 is 0. The quantitative estimate of drug-likeness (QED) is 0.541. The number of ether oxygens (including phenoxy) is 1. The normalized spacial score (nSPS) is 42.2. The fourth-order valence-electron chi connectivity index (χ4n) is 8.38. The first kappa shape index (κ1) is 22.7. The first-order valence-corrected chi connectivity index (χ1v) is 12.8. The molecule has 33 heavy (non-hydrogen) atoms. The van der Waals surface area contributed by atoms with Crippen LogP contribution in [0.5, 0.6) is 0 Å². The molecule has 0 spiro atoms. The Bertz CT molecular complexity index is 1040. The number of hydrogen-bond donors (Lipinski definition) is 1. The molecule has 0 aromatic heterocycles. The second-order valence-corrected chi connectivity index (χ2v) is 12.3. The predicted molar refractivity (Wildman–Crippen MR) is 128 cm³/mol. The molecular weight excluding hydrogens is 412 g/mol. The summed E-state index contributed by atoms with van der Waals surface area (Å²) in [6, 6.07) is 0. The van der Waals surface area contributed by atoms with Crippen LogP contribution in [-0.4, -0.2) is 23.5 Å². The molecular formula is C29H38O4. The highest BCUT2D eigenvalue weighted by molar-refractivity contribution is 6.07. The van der Waals surface area contributed by atoms with Gasteiger partial charge in [-0.25, -0.2) is 4.79 Å². The number of carboxylic acid groups (broad SMARTS) is 1. The lowest BCUT2D eigenvalue weighted by atomic mass is 9.40. The zero-order valence-electron chi connectivity index (χ0n) is 20.8. The molecule has 0 heterocycles. The van der Waals surface area contributed by atoms with Gasteiger partial charge in [0.25, 0.3) is 0 Å². The maximum absolute atomic E-state index is 13.0. The molecule has 5 aliphatic rings. The number of carbonyl (C=O) groups excluding carboxylic acids is 1. The van der Waals surface area contributed by atoms with Crippen LogP contribution in [0.15, 0.2) is 46.3 Å². The Morgan fingerprint density at radius 3 is 2.58 bits per heavy atom. The number of fused-ring (bicyclic) bond motifs is 7. The van der Waals surface area contributed by atoms with Gasteiger partial charge in [-0.15, -0.1) is 0 Å². The second-order valence-electron chi connectivity index (χ2n) is 12.3. The minimum atomic E-state index is -1.07. The summed E-state index contributed by atoms with van der Waals surface area (Å²) in [5.74, 6) is 1.22. The highest BCUT2D eigenvalue weighted by atomic mass is 16.5. The summed E-state index contributed by atoms with van der Waals surface area (Å²) < 4.78 is 5.40. The van der Waals surface area contributed by atoms with Crippen LogP contribution in [0.3, 0.4) is 0 Å². The molecule has 0 bridgehead atoms. The lowest BCUT2D eigenvalue weighted by Gasteiger charge is -2.64. The predicted octanol–water partition coefficient (Wildman–Crippen LogP) is 6.40. The molecule has 0 aliphatic heterocycles. The van der Waals surface area contributed by atoms with Gasteiger partial charge < -0.3 is 9.84 Å². The average Bonchev–Trinajstić information content (AvgIpc) is 2.74. The SMILES string of the molecule is CC1=C(OCC(=O)O)C(=O)C=C2C1=CC=C1C2(C)CCC2C3CC(C)CCC3(C)CCC12C. The van der Waals surface area contributed by atoms with Gasteiger partial charge in [-0.05, 0) is 91.3 Å². The molecule has 5 aliphatic carbocycles. The van der Waals surface area contributed by atoms with E-state index in [9.17, 15) is 9.59 Å². The van der Waals surface area contributed by atoms with Gasteiger partial charge in [0.2, 0.25) is 5.78 Å². The van der Waals surface area contributed by atoms with Crippen molar-refractivity contribution < 1.29 is 19.4 Å². The summed E-state index contributed by atoms with van der Waals surface area (Å²) in [7, 11) is 0. The molecule has 4 heteroatoms. The monoisotopic (exact) mass is 450 g/mol. The van der Waals surface area contributed by atoms with Gasteiger partial charge in [0.1, 0.15) is 0 Å². The van der Waals surface area contributed by atoms with Crippen LogP contribution in [0, 0.1) is 34.0 Å². The van der Waals surface area contributed by atoms with Gasteiger partial charge in [0.05, 0.1) is 0 Å². The van der Waals surface area contributed by atoms with E-state index in [1.54, 1.807) is 6.08 Å². The van der Waals surface area contributed by atoms with Crippen molar-refractivity contribution in [2.45, 2.75) is 79.6 Å². The fraction of sp³-hybridized carbons (Fsp3) is 0.655. The molecule has 178 valence electrons. The third-order valence-corrected chi connectivity index (χ3v) is 10.3. The van der Waals surface area contributed by atoms with E-state index in [1.165, 1.54) is 44.1 Å². The first-order chi connectivity index (χ1) is 15.5. The minimum Gasteiger partial charge on any atom is -0.479 e. The summed E-state index contributed by atoms with van der Waals surface area (Å²) in [5.41, 5.74) is 4.91. The largest absolute Gasteiger partial charge is 0.479 e. The number of rotatable bonds is 3. The van der Waals surface area contributed by atoms with Crippen molar-refractivity contribution >= 4 is 11.8 Å². The Balaban J connectivity index is 1.55. The molecule has 0 amide bonds. The van der Waals surface area contributed by atoms with Crippen LogP contribution in [-0.2, 0) is 14.3 Å². The summed E-state index contributed by atoms with van der Waals surface area (Å²) in [6.07, 6.45) is 15.2. The van der Waals surface area contributed by atoms with Crippen molar-refractivity contribution in [3.8, 4) is 0 Å². The van der Waals surface area contributed by atoms with E-state index < -0.39 is 12.6 Å². The van der Waals surface area contributed by atoms with Gasteiger partial charge in [0, 0.05) is 11.0 Å². The van der Waals surface area contributed by atoms with Crippen LogP contribution in [0.25, 0.3) is 0 Å². The number of hydrogen-bond acceptors (Lipinski definition) is 3. The van der Waals surface area contributed by atoms with E-state index in [4.69, 9.17) is 9.84 Å². The Kier molecular flexibility index (Phi) is 5.12. The number of allylic oxidation sites excluding steroid dienone is 7. The van der Waals surface area contributed by atoms with Gasteiger partial charge in [-0.2, -0.15) is 0 Å². The van der Waals surface area contributed by atoms with E-state index in [-0.39, 0.29) is 22.4 Å². The second kappa shape index (κ2) is 7.45. The molecule has 0 aromatic rings. The van der Waals surface area contributed by atoms with Crippen molar-refractivity contribution in [1.82, 2.24) is 0 Å². The standard InChI is InChI=1S/C29H38O4/c1-17-8-10-27(3)12-13-29(5)20(22(27)14-17)9-11-28(4)21-15-23(30)26(33-16-25(31)32)18(2)19(21)6-7-24(28)29/h6-7,15,17,20,22H,8-14,16H2,1-5H3,(H,31,32). The molecule has 1 N–H and O–H groups in total. The summed E-state index contributed by atoms with van der Waals surface area (Å²) in [5, 5.41) is 9.00. The van der Waals surface area contributed by atoms with Crippen LogP contribution in [0.1, 0.15) is 79.6 Å². The average molecular weight is 451 g/mol. The van der Waals surface area contributed by atoms with E-state index in [0.717, 1.165) is 35.0 Å². The number of carbonyl (C=O) groups is 2. The van der Waals surface area contributed by atoms with Gasteiger partial charge in [0.15, 0.2) is 12.4 Å². The molecule has 6 atom stereocenters. The number of aliphatic carboxylic acids is 1. The van der Waals surface area contributed by atoms with E-state index in [0.29, 0.717) is 11.3 Å². The van der Waals surface area contributed by atoms with Crippen molar-refractivity contribution in [2.24, 2.45) is 34.0 Å². The minimum absolute atomic E-state index is 0.154. The molecule has 3 fully saturated rings. The van der Waals surface area contributed by atoms with Crippen molar-refractivity contribution in [2.75, 3.05) is 6.61 Å². The lowest BCUT2D eigenvalue weighted by Crippen LogP contribution is -2.55. The number of carboxylic acids is 1. The van der Waals surface area contributed by atoms with Crippen LogP contribution < -0.4 is 0 Å².